The monoisotopic (exact) mass is 506 g/mol. The summed E-state index contributed by atoms with van der Waals surface area (Å²) in [5, 5.41) is 20.6. The van der Waals surface area contributed by atoms with E-state index in [2.05, 4.69) is 27.3 Å². The van der Waals surface area contributed by atoms with Gasteiger partial charge in [0.05, 0.1) is 29.6 Å². The summed E-state index contributed by atoms with van der Waals surface area (Å²) in [5.74, 6) is -0.527. The number of carbonyl (C=O) groups excluding carboxylic acids is 3. The van der Waals surface area contributed by atoms with Gasteiger partial charge in [-0.05, 0) is 75.6 Å². The second kappa shape index (κ2) is 12.1. The van der Waals surface area contributed by atoms with Crippen molar-refractivity contribution in [2.75, 3.05) is 42.6 Å². The minimum Gasteiger partial charge on any atom is -0.444 e. The molecular formula is C27H34N6O4. The van der Waals surface area contributed by atoms with E-state index < -0.39 is 17.7 Å². The number of nitrogens with zero attached hydrogens (tertiary/aromatic N) is 2. The Kier molecular flexibility index (Phi) is 8.95. The zero-order valence-corrected chi connectivity index (χ0v) is 21.7. The summed E-state index contributed by atoms with van der Waals surface area (Å²) in [7, 11) is 1.73. The number of nitriles is 1. The zero-order chi connectivity index (χ0) is 27.0. The molecule has 0 spiro atoms. The van der Waals surface area contributed by atoms with Crippen LogP contribution in [0.1, 0.15) is 50.8 Å². The molecular weight excluding hydrogens is 472 g/mol. The van der Waals surface area contributed by atoms with E-state index in [-0.39, 0.29) is 18.4 Å². The van der Waals surface area contributed by atoms with Gasteiger partial charge < -0.3 is 30.9 Å². The van der Waals surface area contributed by atoms with Crippen LogP contribution in [-0.4, -0.2) is 55.1 Å². The Labute approximate surface area is 217 Å². The molecule has 1 fully saturated rings. The van der Waals surface area contributed by atoms with Crippen LogP contribution in [0.15, 0.2) is 42.5 Å². The molecule has 0 aromatic heterocycles. The number of hydrogen-bond donors (Lipinski definition) is 4. The van der Waals surface area contributed by atoms with Gasteiger partial charge in [0.2, 0.25) is 11.8 Å². The number of rotatable bonds is 8. The van der Waals surface area contributed by atoms with Crippen molar-refractivity contribution in [1.29, 1.82) is 5.26 Å². The molecule has 2 aromatic carbocycles. The van der Waals surface area contributed by atoms with Crippen molar-refractivity contribution < 1.29 is 19.1 Å². The summed E-state index contributed by atoms with van der Waals surface area (Å²) in [4.78, 5) is 40.4. The summed E-state index contributed by atoms with van der Waals surface area (Å²) in [6.45, 7) is 6.52. The average Bonchev–Trinajstić information content (AvgIpc) is 3.40. The van der Waals surface area contributed by atoms with E-state index in [9.17, 15) is 14.4 Å². The van der Waals surface area contributed by atoms with Gasteiger partial charge in [-0.1, -0.05) is 6.07 Å². The Balaban J connectivity index is 1.79. The van der Waals surface area contributed by atoms with E-state index in [1.165, 1.54) is 0 Å². The van der Waals surface area contributed by atoms with Crippen molar-refractivity contribution in [3.8, 4) is 6.07 Å². The minimum atomic E-state index is -0.966. The van der Waals surface area contributed by atoms with E-state index in [0.717, 1.165) is 12.8 Å². The molecule has 1 aliphatic heterocycles. The van der Waals surface area contributed by atoms with Crippen LogP contribution in [0.2, 0.25) is 0 Å². The molecule has 196 valence electrons. The predicted molar refractivity (Wildman–Crippen MR) is 142 cm³/mol. The third-order valence-corrected chi connectivity index (χ3v) is 5.71. The van der Waals surface area contributed by atoms with E-state index >= 15 is 0 Å². The first-order valence-electron chi connectivity index (χ1n) is 12.2. The summed E-state index contributed by atoms with van der Waals surface area (Å²) >= 11 is 0. The number of anilines is 3. The Bertz CT molecular complexity index is 1160. The fourth-order valence-electron chi connectivity index (χ4n) is 3.94. The summed E-state index contributed by atoms with van der Waals surface area (Å²) < 4.78 is 5.40. The third kappa shape index (κ3) is 7.87. The summed E-state index contributed by atoms with van der Waals surface area (Å²) in [6.07, 6.45) is 1.13. The van der Waals surface area contributed by atoms with E-state index in [4.69, 9.17) is 10.00 Å². The molecule has 2 aromatic rings. The topological polar surface area (TPSA) is 136 Å². The van der Waals surface area contributed by atoms with Crippen molar-refractivity contribution in [1.82, 2.24) is 10.2 Å². The van der Waals surface area contributed by atoms with Crippen molar-refractivity contribution >= 4 is 35.0 Å². The highest BCUT2D eigenvalue weighted by molar-refractivity contribution is 5.97. The number of benzene rings is 2. The predicted octanol–water partition coefficient (Wildman–Crippen LogP) is 3.84. The van der Waals surface area contributed by atoms with Crippen LogP contribution in [0.25, 0.3) is 0 Å². The molecule has 1 saturated heterocycles. The first kappa shape index (κ1) is 27.3. The Morgan fingerprint density at radius 3 is 2.32 bits per heavy atom. The molecule has 0 saturated carbocycles. The fraction of sp³-hybridized carbons (Fsp3) is 0.407. The average molecular weight is 507 g/mol. The van der Waals surface area contributed by atoms with E-state index in [0.29, 0.717) is 41.3 Å². The van der Waals surface area contributed by atoms with Gasteiger partial charge in [0.1, 0.15) is 11.6 Å². The van der Waals surface area contributed by atoms with Crippen LogP contribution < -0.4 is 21.3 Å². The second-order valence-electron chi connectivity index (χ2n) is 9.76. The number of hydrogen-bond acceptors (Lipinski definition) is 7. The Morgan fingerprint density at radius 1 is 1.05 bits per heavy atom. The van der Waals surface area contributed by atoms with Gasteiger partial charge >= 0.3 is 6.09 Å². The highest BCUT2D eigenvalue weighted by atomic mass is 16.6. The number of ether oxygens (including phenoxy) is 1. The number of carbonyl (C=O) groups is 3. The molecule has 1 unspecified atom stereocenters. The highest BCUT2D eigenvalue weighted by Gasteiger charge is 2.31. The Hall–Kier alpha value is -4.26. The number of likely N-dealkylation sites (tertiary alicyclic amines) is 1. The first-order valence-corrected chi connectivity index (χ1v) is 12.2. The maximum absolute atomic E-state index is 13.4. The molecule has 0 bridgehead atoms. The van der Waals surface area contributed by atoms with Crippen LogP contribution in [0.4, 0.5) is 21.9 Å². The molecule has 1 aliphatic rings. The van der Waals surface area contributed by atoms with E-state index in [1.54, 1.807) is 75.2 Å². The lowest BCUT2D eigenvalue weighted by atomic mass is 10.0. The van der Waals surface area contributed by atoms with Crippen molar-refractivity contribution in [2.45, 2.75) is 45.3 Å². The molecule has 37 heavy (non-hydrogen) atoms. The normalized spacial score (nSPS) is 13.8. The maximum Gasteiger partial charge on any atom is 0.408 e. The highest BCUT2D eigenvalue weighted by Crippen LogP contribution is 2.28. The van der Waals surface area contributed by atoms with Crippen LogP contribution in [0, 0.1) is 11.3 Å². The molecule has 10 heteroatoms. The lowest BCUT2D eigenvalue weighted by molar-refractivity contribution is -0.132. The van der Waals surface area contributed by atoms with Crippen LogP contribution in [-0.2, 0) is 14.3 Å². The standard InChI is InChI=1S/C27H34N6O4/c1-27(2,3)37-26(36)32-24(25(35)33-13-5-6-14-33)19-9-12-21(29-4)22(15-19)31-23(34)17-30-20-10-7-18(16-28)8-11-20/h7-12,15,24,29-30H,5-6,13-14,17H2,1-4H3,(H,31,34)(H,32,36). The van der Waals surface area contributed by atoms with Gasteiger partial charge in [-0.3, -0.25) is 9.59 Å². The molecule has 0 radical (unpaired) electrons. The minimum absolute atomic E-state index is 0.00836. The van der Waals surface area contributed by atoms with Crippen LogP contribution in [0.3, 0.4) is 0 Å². The van der Waals surface area contributed by atoms with Crippen LogP contribution in [0.5, 0.6) is 0 Å². The lowest BCUT2D eigenvalue weighted by Crippen LogP contribution is -2.43. The fourth-order valence-corrected chi connectivity index (χ4v) is 3.94. The van der Waals surface area contributed by atoms with Crippen molar-refractivity contribution in [3.63, 3.8) is 0 Å². The van der Waals surface area contributed by atoms with E-state index in [1.807, 2.05) is 0 Å². The molecule has 1 atom stereocenters. The van der Waals surface area contributed by atoms with Gasteiger partial charge in [0.25, 0.3) is 0 Å². The van der Waals surface area contributed by atoms with Gasteiger partial charge in [-0.25, -0.2) is 4.79 Å². The molecule has 3 rings (SSSR count). The molecule has 10 nitrogen and oxygen atoms in total. The van der Waals surface area contributed by atoms with Crippen LogP contribution >= 0.6 is 0 Å². The van der Waals surface area contributed by atoms with Gasteiger partial charge in [-0.15, -0.1) is 0 Å². The zero-order valence-electron chi connectivity index (χ0n) is 21.7. The molecule has 3 amide bonds. The van der Waals surface area contributed by atoms with Crippen molar-refractivity contribution in [2.24, 2.45) is 0 Å². The summed E-state index contributed by atoms with van der Waals surface area (Å²) in [5.41, 5.74) is 2.16. The van der Waals surface area contributed by atoms with Crippen molar-refractivity contribution in [3.05, 3.63) is 53.6 Å². The molecule has 4 N–H and O–H groups in total. The number of nitrogens with one attached hydrogen (secondary N) is 4. The third-order valence-electron chi connectivity index (χ3n) is 5.71. The smallest absolute Gasteiger partial charge is 0.408 e. The molecule has 1 heterocycles. The number of amides is 3. The lowest BCUT2D eigenvalue weighted by Gasteiger charge is -2.27. The quantitative estimate of drug-likeness (QED) is 0.427. The SMILES string of the molecule is CNc1ccc(C(NC(=O)OC(C)(C)C)C(=O)N2CCCC2)cc1NC(=O)CNc1ccc(C#N)cc1. The molecule has 0 aliphatic carbocycles. The van der Waals surface area contributed by atoms with Gasteiger partial charge in [-0.2, -0.15) is 5.26 Å². The maximum atomic E-state index is 13.4. The Morgan fingerprint density at radius 2 is 1.73 bits per heavy atom. The van der Waals surface area contributed by atoms with Gasteiger partial charge in [0, 0.05) is 25.8 Å². The largest absolute Gasteiger partial charge is 0.444 e. The number of alkyl carbamates (subject to hydrolysis) is 1. The summed E-state index contributed by atoms with van der Waals surface area (Å²) in [6, 6.07) is 13.0. The second-order valence-corrected chi connectivity index (χ2v) is 9.76. The first-order chi connectivity index (χ1) is 17.6. The van der Waals surface area contributed by atoms with Gasteiger partial charge in [0.15, 0.2) is 0 Å².